The van der Waals surface area contributed by atoms with E-state index in [2.05, 4.69) is 0 Å². The third-order valence-corrected chi connectivity index (χ3v) is 2.69. The Kier molecular flexibility index (Phi) is 4.71. The van der Waals surface area contributed by atoms with Crippen molar-refractivity contribution in [1.29, 1.82) is 0 Å². The van der Waals surface area contributed by atoms with E-state index in [1.807, 2.05) is 6.92 Å². The number of aliphatic hydroxyl groups is 1. The standard InChI is InChI=1S/C10H18N2O5/c1-3-11-6-5-7(13)8(9(14)15)12(11)10(16)17-4-2/h7-8,13H,3-6H2,1-2H3,(H,14,15). The van der Waals surface area contributed by atoms with Crippen molar-refractivity contribution in [2.75, 3.05) is 19.7 Å². The number of carbonyl (C=O) groups excluding carboxylic acids is 1. The molecule has 0 saturated carbocycles. The highest BCUT2D eigenvalue weighted by Gasteiger charge is 2.43. The summed E-state index contributed by atoms with van der Waals surface area (Å²) in [6.07, 6.45) is -1.49. The van der Waals surface area contributed by atoms with Crippen LogP contribution >= 0.6 is 0 Å². The van der Waals surface area contributed by atoms with Crippen molar-refractivity contribution in [3.63, 3.8) is 0 Å². The van der Waals surface area contributed by atoms with E-state index in [-0.39, 0.29) is 6.61 Å². The van der Waals surface area contributed by atoms with Gasteiger partial charge in [0, 0.05) is 13.1 Å². The Bertz CT molecular complexity index is 296. The van der Waals surface area contributed by atoms with Gasteiger partial charge in [0.25, 0.3) is 0 Å². The van der Waals surface area contributed by atoms with Crippen LogP contribution in [0.5, 0.6) is 0 Å². The fraction of sp³-hybridized carbons (Fsp3) is 0.800. The first kappa shape index (κ1) is 13.7. The number of hydrazine groups is 1. The van der Waals surface area contributed by atoms with Gasteiger partial charge in [-0.05, 0) is 13.3 Å². The highest BCUT2D eigenvalue weighted by Crippen LogP contribution is 2.20. The second kappa shape index (κ2) is 5.83. The number of ether oxygens (including phenoxy) is 1. The number of hydrogen-bond donors (Lipinski definition) is 2. The summed E-state index contributed by atoms with van der Waals surface area (Å²) in [5, 5.41) is 21.3. The first-order valence-electron chi connectivity index (χ1n) is 5.64. The molecule has 17 heavy (non-hydrogen) atoms. The molecule has 2 unspecified atom stereocenters. The van der Waals surface area contributed by atoms with Crippen LogP contribution in [0.4, 0.5) is 4.79 Å². The van der Waals surface area contributed by atoms with Crippen LogP contribution in [0.25, 0.3) is 0 Å². The monoisotopic (exact) mass is 246 g/mol. The molecule has 2 atom stereocenters. The topological polar surface area (TPSA) is 90.3 Å². The quantitative estimate of drug-likeness (QED) is 0.722. The zero-order valence-corrected chi connectivity index (χ0v) is 10.00. The van der Waals surface area contributed by atoms with E-state index in [9.17, 15) is 14.7 Å². The summed E-state index contributed by atoms with van der Waals surface area (Å²) in [6.45, 7) is 4.53. The summed E-state index contributed by atoms with van der Waals surface area (Å²) in [7, 11) is 0. The fourth-order valence-electron chi connectivity index (χ4n) is 1.88. The maximum Gasteiger partial charge on any atom is 0.425 e. The number of carbonyl (C=O) groups is 2. The largest absolute Gasteiger partial charge is 0.480 e. The van der Waals surface area contributed by atoms with E-state index < -0.39 is 24.2 Å². The Labute approximate surface area is 99.5 Å². The van der Waals surface area contributed by atoms with Gasteiger partial charge in [0.1, 0.15) is 0 Å². The molecule has 7 heteroatoms. The first-order valence-corrected chi connectivity index (χ1v) is 5.64. The molecule has 2 N–H and O–H groups in total. The first-order chi connectivity index (χ1) is 8.02. The van der Waals surface area contributed by atoms with Crippen LogP contribution in [0.2, 0.25) is 0 Å². The molecule has 98 valence electrons. The van der Waals surface area contributed by atoms with Gasteiger partial charge in [-0.15, -0.1) is 0 Å². The van der Waals surface area contributed by atoms with Gasteiger partial charge in [-0.3, -0.25) is 0 Å². The predicted molar refractivity (Wildman–Crippen MR) is 58.2 cm³/mol. The fourth-order valence-corrected chi connectivity index (χ4v) is 1.88. The number of carboxylic acids is 1. The van der Waals surface area contributed by atoms with E-state index in [0.717, 1.165) is 5.01 Å². The molecular weight excluding hydrogens is 228 g/mol. The van der Waals surface area contributed by atoms with Gasteiger partial charge in [-0.25, -0.2) is 19.6 Å². The molecule has 1 saturated heterocycles. The maximum atomic E-state index is 11.7. The molecule has 0 bridgehead atoms. The molecule has 1 amide bonds. The molecule has 0 aliphatic carbocycles. The average molecular weight is 246 g/mol. The smallest absolute Gasteiger partial charge is 0.425 e. The SMILES string of the molecule is CCOC(=O)N1C(C(=O)O)C(O)CCN1CC. The minimum Gasteiger partial charge on any atom is -0.480 e. The lowest BCUT2D eigenvalue weighted by molar-refractivity contribution is -0.167. The Morgan fingerprint density at radius 3 is 2.53 bits per heavy atom. The van der Waals surface area contributed by atoms with E-state index in [1.165, 1.54) is 0 Å². The van der Waals surface area contributed by atoms with Gasteiger partial charge in [-0.1, -0.05) is 6.92 Å². The van der Waals surface area contributed by atoms with Crippen molar-refractivity contribution in [3.05, 3.63) is 0 Å². The molecule has 0 radical (unpaired) electrons. The molecule has 1 aliphatic rings. The molecule has 0 aromatic rings. The summed E-state index contributed by atoms with van der Waals surface area (Å²) in [5.41, 5.74) is 0. The van der Waals surface area contributed by atoms with Crippen LogP contribution in [-0.2, 0) is 9.53 Å². The van der Waals surface area contributed by atoms with Crippen LogP contribution in [-0.4, -0.2) is 64.1 Å². The van der Waals surface area contributed by atoms with Gasteiger partial charge < -0.3 is 14.9 Å². The molecule has 0 aromatic heterocycles. The van der Waals surface area contributed by atoms with Crippen molar-refractivity contribution >= 4 is 12.1 Å². The van der Waals surface area contributed by atoms with Crippen LogP contribution in [0.1, 0.15) is 20.3 Å². The van der Waals surface area contributed by atoms with Crippen LogP contribution < -0.4 is 0 Å². The molecule has 0 aromatic carbocycles. The summed E-state index contributed by atoms with van der Waals surface area (Å²) >= 11 is 0. The van der Waals surface area contributed by atoms with E-state index in [1.54, 1.807) is 11.9 Å². The normalized spacial score (nSPS) is 25.7. The molecule has 1 fully saturated rings. The number of hydrogen-bond acceptors (Lipinski definition) is 5. The van der Waals surface area contributed by atoms with Crippen LogP contribution in [0, 0.1) is 0 Å². The van der Waals surface area contributed by atoms with Gasteiger partial charge in [0.2, 0.25) is 0 Å². The second-order valence-corrected chi connectivity index (χ2v) is 3.73. The van der Waals surface area contributed by atoms with Crippen molar-refractivity contribution in [2.45, 2.75) is 32.4 Å². The van der Waals surface area contributed by atoms with E-state index >= 15 is 0 Å². The van der Waals surface area contributed by atoms with E-state index in [4.69, 9.17) is 9.84 Å². The molecular formula is C10H18N2O5. The summed E-state index contributed by atoms with van der Waals surface area (Å²) in [4.78, 5) is 22.8. The van der Waals surface area contributed by atoms with Crippen LogP contribution in [0.15, 0.2) is 0 Å². The lowest BCUT2D eigenvalue weighted by Crippen LogP contribution is -2.63. The Hall–Kier alpha value is -1.34. The lowest BCUT2D eigenvalue weighted by Gasteiger charge is -2.43. The highest BCUT2D eigenvalue weighted by molar-refractivity contribution is 5.80. The molecule has 1 heterocycles. The minimum atomic E-state index is -1.28. The molecule has 1 rings (SSSR count). The van der Waals surface area contributed by atoms with E-state index in [0.29, 0.717) is 19.5 Å². The lowest BCUT2D eigenvalue weighted by atomic mass is 10.1. The van der Waals surface area contributed by atoms with Crippen molar-refractivity contribution in [3.8, 4) is 0 Å². The predicted octanol–water partition coefficient (Wildman–Crippen LogP) is -0.100. The third-order valence-electron chi connectivity index (χ3n) is 2.69. The maximum absolute atomic E-state index is 11.7. The van der Waals surface area contributed by atoms with Gasteiger partial charge in [-0.2, -0.15) is 0 Å². The number of nitrogens with zero attached hydrogens (tertiary/aromatic N) is 2. The Morgan fingerprint density at radius 1 is 1.41 bits per heavy atom. The summed E-state index contributed by atoms with van der Waals surface area (Å²) < 4.78 is 4.81. The summed E-state index contributed by atoms with van der Waals surface area (Å²) in [5.74, 6) is -1.23. The van der Waals surface area contributed by atoms with Gasteiger partial charge in [0.05, 0.1) is 12.7 Å². The number of aliphatic carboxylic acids is 1. The molecule has 0 spiro atoms. The number of carboxylic acid groups (broad SMARTS) is 1. The van der Waals surface area contributed by atoms with Crippen molar-refractivity contribution in [1.82, 2.24) is 10.0 Å². The number of rotatable bonds is 3. The van der Waals surface area contributed by atoms with Crippen molar-refractivity contribution in [2.24, 2.45) is 0 Å². The van der Waals surface area contributed by atoms with Crippen LogP contribution in [0.3, 0.4) is 0 Å². The second-order valence-electron chi connectivity index (χ2n) is 3.73. The van der Waals surface area contributed by atoms with Gasteiger partial charge >= 0.3 is 12.1 Å². The zero-order chi connectivity index (χ0) is 13.0. The highest BCUT2D eigenvalue weighted by atomic mass is 16.6. The minimum absolute atomic E-state index is 0.162. The van der Waals surface area contributed by atoms with Crippen molar-refractivity contribution < 1.29 is 24.5 Å². The molecule has 7 nitrogen and oxygen atoms in total. The summed E-state index contributed by atoms with van der Waals surface area (Å²) in [6, 6.07) is -1.28. The molecule has 1 aliphatic heterocycles. The zero-order valence-electron chi connectivity index (χ0n) is 10.00. The third kappa shape index (κ3) is 2.86. The number of amides is 1. The number of aliphatic hydroxyl groups excluding tert-OH is 1. The Morgan fingerprint density at radius 2 is 2.06 bits per heavy atom. The Balaban J connectivity index is 2.94. The van der Waals surface area contributed by atoms with Gasteiger partial charge in [0.15, 0.2) is 6.04 Å². The average Bonchev–Trinajstić information content (AvgIpc) is 2.28.